The zero-order valence-electron chi connectivity index (χ0n) is 13.7. The molecule has 0 saturated heterocycles. The summed E-state index contributed by atoms with van der Waals surface area (Å²) in [5.41, 5.74) is 3.68. The molecule has 0 amide bonds. The molecule has 128 valence electrons. The van der Waals surface area contributed by atoms with Crippen LogP contribution in [0.3, 0.4) is 0 Å². The van der Waals surface area contributed by atoms with Crippen molar-refractivity contribution >= 4 is 23.5 Å². The van der Waals surface area contributed by atoms with Crippen molar-refractivity contribution in [3.8, 4) is 17.6 Å². The summed E-state index contributed by atoms with van der Waals surface area (Å²) in [7, 11) is 1.55. The fraction of sp³-hybridized carbons (Fsp3) is 0.471. The van der Waals surface area contributed by atoms with Gasteiger partial charge in [0.2, 0.25) is 0 Å². The van der Waals surface area contributed by atoms with Crippen LogP contribution in [0.15, 0.2) is 23.3 Å². The third kappa shape index (κ3) is 5.70. The van der Waals surface area contributed by atoms with Gasteiger partial charge in [0.05, 0.1) is 13.3 Å². The SMILES string of the molecule is COc1cc(/C=N\NC(=S)NC2CCCCC2)ccc1OCC#N. The first-order valence-electron chi connectivity index (χ1n) is 8.00. The monoisotopic (exact) mass is 346 g/mol. The van der Waals surface area contributed by atoms with E-state index >= 15 is 0 Å². The molecule has 0 aliphatic heterocycles. The molecule has 0 unspecified atom stereocenters. The van der Waals surface area contributed by atoms with E-state index in [1.54, 1.807) is 25.5 Å². The minimum absolute atomic E-state index is 0.0214. The summed E-state index contributed by atoms with van der Waals surface area (Å²) in [6.07, 6.45) is 7.80. The lowest BCUT2D eigenvalue weighted by Crippen LogP contribution is -2.40. The van der Waals surface area contributed by atoms with E-state index in [2.05, 4.69) is 15.8 Å². The Morgan fingerprint density at radius 3 is 2.88 bits per heavy atom. The van der Waals surface area contributed by atoms with Crippen LogP contribution in [0.1, 0.15) is 37.7 Å². The molecule has 0 spiro atoms. The van der Waals surface area contributed by atoms with Gasteiger partial charge in [0.15, 0.2) is 23.2 Å². The minimum Gasteiger partial charge on any atom is -0.493 e. The number of nitriles is 1. The van der Waals surface area contributed by atoms with Gasteiger partial charge in [-0.05, 0) is 48.8 Å². The highest BCUT2D eigenvalue weighted by atomic mass is 32.1. The van der Waals surface area contributed by atoms with Crippen LogP contribution in [0.25, 0.3) is 0 Å². The second-order valence-corrected chi connectivity index (χ2v) is 5.94. The molecule has 0 heterocycles. The van der Waals surface area contributed by atoms with E-state index in [0.717, 1.165) is 18.4 Å². The van der Waals surface area contributed by atoms with Gasteiger partial charge in [0.25, 0.3) is 0 Å². The van der Waals surface area contributed by atoms with Crippen LogP contribution in [-0.2, 0) is 0 Å². The van der Waals surface area contributed by atoms with E-state index in [1.165, 1.54) is 19.3 Å². The summed E-state index contributed by atoms with van der Waals surface area (Å²) in [4.78, 5) is 0. The molecule has 24 heavy (non-hydrogen) atoms. The van der Waals surface area contributed by atoms with Gasteiger partial charge >= 0.3 is 0 Å². The fourth-order valence-electron chi connectivity index (χ4n) is 2.62. The quantitative estimate of drug-likeness (QED) is 0.468. The topological polar surface area (TPSA) is 78.7 Å². The van der Waals surface area contributed by atoms with Gasteiger partial charge in [-0.2, -0.15) is 10.4 Å². The Balaban J connectivity index is 1.86. The molecule has 1 aromatic carbocycles. The lowest BCUT2D eigenvalue weighted by molar-refractivity contribution is 0.329. The number of ether oxygens (including phenoxy) is 2. The van der Waals surface area contributed by atoms with Gasteiger partial charge in [-0.3, -0.25) is 5.43 Å². The highest BCUT2D eigenvalue weighted by Crippen LogP contribution is 2.27. The van der Waals surface area contributed by atoms with Crippen molar-refractivity contribution in [2.45, 2.75) is 38.1 Å². The van der Waals surface area contributed by atoms with E-state index < -0.39 is 0 Å². The molecule has 7 heteroatoms. The van der Waals surface area contributed by atoms with E-state index in [0.29, 0.717) is 22.7 Å². The number of nitrogens with one attached hydrogen (secondary N) is 2. The molecular formula is C17H22N4O2S. The fourth-order valence-corrected chi connectivity index (χ4v) is 2.84. The number of methoxy groups -OCH3 is 1. The first kappa shape index (κ1) is 18.0. The molecule has 0 atom stereocenters. The van der Waals surface area contributed by atoms with Crippen molar-refractivity contribution < 1.29 is 9.47 Å². The molecule has 1 aliphatic carbocycles. The Hall–Kier alpha value is -2.33. The van der Waals surface area contributed by atoms with Crippen LogP contribution >= 0.6 is 12.2 Å². The number of hydrazone groups is 1. The predicted molar refractivity (Wildman–Crippen MR) is 97.4 cm³/mol. The largest absolute Gasteiger partial charge is 0.493 e. The van der Waals surface area contributed by atoms with E-state index in [1.807, 2.05) is 12.1 Å². The van der Waals surface area contributed by atoms with Crippen molar-refractivity contribution in [2.75, 3.05) is 13.7 Å². The highest BCUT2D eigenvalue weighted by molar-refractivity contribution is 7.80. The smallest absolute Gasteiger partial charge is 0.187 e. The summed E-state index contributed by atoms with van der Waals surface area (Å²) in [5.74, 6) is 1.08. The lowest BCUT2D eigenvalue weighted by atomic mass is 9.96. The Kier molecular flexibility index (Phi) is 7.30. The summed E-state index contributed by atoms with van der Waals surface area (Å²) in [6.45, 7) is -0.0214. The van der Waals surface area contributed by atoms with Crippen molar-refractivity contribution in [2.24, 2.45) is 5.10 Å². The molecule has 1 saturated carbocycles. The van der Waals surface area contributed by atoms with Gasteiger partial charge in [0.1, 0.15) is 6.07 Å². The zero-order chi connectivity index (χ0) is 17.2. The predicted octanol–water partition coefficient (Wildman–Crippen LogP) is 2.73. The maximum absolute atomic E-state index is 8.57. The molecule has 0 aromatic heterocycles. The van der Waals surface area contributed by atoms with Crippen LogP contribution in [-0.4, -0.2) is 31.1 Å². The number of hydrogen-bond donors (Lipinski definition) is 2. The van der Waals surface area contributed by atoms with Crippen molar-refractivity contribution in [1.29, 1.82) is 5.26 Å². The van der Waals surface area contributed by atoms with Gasteiger partial charge in [-0.25, -0.2) is 0 Å². The first-order chi connectivity index (χ1) is 11.7. The second kappa shape index (κ2) is 9.73. The summed E-state index contributed by atoms with van der Waals surface area (Å²) in [5, 5.41) is 16.5. The molecule has 0 bridgehead atoms. The summed E-state index contributed by atoms with van der Waals surface area (Å²) >= 11 is 5.26. The molecule has 1 fully saturated rings. The van der Waals surface area contributed by atoms with Gasteiger partial charge in [-0.1, -0.05) is 19.3 Å². The third-order valence-corrected chi connectivity index (χ3v) is 4.01. The average molecular weight is 346 g/mol. The number of rotatable bonds is 6. The van der Waals surface area contributed by atoms with Crippen LogP contribution < -0.4 is 20.2 Å². The van der Waals surface area contributed by atoms with Crippen LogP contribution in [0.5, 0.6) is 11.5 Å². The molecular weight excluding hydrogens is 324 g/mol. The van der Waals surface area contributed by atoms with Crippen LogP contribution in [0, 0.1) is 11.3 Å². The van der Waals surface area contributed by atoms with Crippen molar-refractivity contribution in [1.82, 2.24) is 10.7 Å². The maximum atomic E-state index is 8.57. The molecule has 1 aliphatic rings. The average Bonchev–Trinajstić information content (AvgIpc) is 2.61. The van der Waals surface area contributed by atoms with E-state index in [4.69, 9.17) is 27.0 Å². The number of nitrogens with zero attached hydrogens (tertiary/aromatic N) is 2. The second-order valence-electron chi connectivity index (χ2n) is 5.54. The highest BCUT2D eigenvalue weighted by Gasteiger charge is 2.13. The first-order valence-corrected chi connectivity index (χ1v) is 8.41. The van der Waals surface area contributed by atoms with Crippen LogP contribution in [0.2, 0.25) is 0 Å². The molecule has 1 aromatic rings. The molecule has 2 rings (SSSR count). The number of thiocarbonyl (C=S) groups is 1. The van der Waals surface area contributed by atoms with Gasteiger partial charge in [0, 0.05) is 6.04 Å². The molecule has 6 nitrogen and oxygen atoms in total. The minimum atomic E-state index is -0.0214. The zero-order valence-corrected chi connectivity index (χ0v) is 14.6. The Bertz CT molecular complexity index is 622. The summed E-state index contributed by atoms with van der Waals surface area (Å²) in [6, 6.07) is 7.74. The number of benzene rings is 1. The standard InChI is InChI=1S/C17H22N4O2S/c1-22-16-11-13(7-8-15(16)23-10-9-18)12-19-21-17(24)20-14-5-3-2-4-6-14/h7-8,11-12,14H,2-6,10H2,1H3,(H2,20,21,24)/b19-12-. The van der Waals surface area contributed by atoms with Gasteiger partial charge in [-0.15, -0.1) is 0 Å². The Labute approximate surface area is 147 Å². The van der Waals surface area contributed by atoms with Crippen molar-refractivity contribution in [3.63, 3.8) is 0 Å². The third-order valence-electron chi connectivity index (χ3n) is 3.80. The van der Waals surface area contributed by atoms with Crippen molar-refractivity contribution in [3.05, 3.63) is 23.8 Å². The normalized spacial score (nSPS) is 14.8. The number of hydrogen-bond acceptors (Lipinski definition) is 5. The molecule has 0 radical (unpaired) electrons. The van der Waals surface area contributed by atoms with Gasteiger partial charge < -0.3 is 14.8 Å². The van der Waals surface area contributed by atoms with E-state index in [-0.39, 0.29) is 6.61 Å². The Morgan fingerprint density at radius 1 is 1.38 bits per heavy atom. The maximum Gasteiger partial charge on any atom is 0.187 e. The van der Waals surface area contributed by atoms with E-state index in [9.17, 15) is 0 Å². The Morgan fingerprint density at radius 2 is 2.17 bits per heavy atom. The van der Waals surface area contributed by atoms with Crippen LogP contribution in [0.4, 0.5) is 0 Å². The lowest BCUT2D eigenvalue weighted by Gasteiger charge is -2.23. The molecule has 2 N–H and O–H groups in total. The summed E-state index contributed by atoms with van der Waals surface area (Å²) < 4.78 is 10.5.